The number of morpholine rings is 1. The summed E-state index contributed by atoms with van der Waals surface area (Å²) >= 11 is 6.18. The molecule has 39 heavy (non-hydrogen) atoms. The highest BCUT2D eigenvalue weighted by atomic mass is 35.5. The van der Waals surface area contributed by atoms with E-state index in [0.29, 0.717) is 18.2 Å². The van der Waals surface area contributed by atoms with Gasteiger partial charge in [0.1, 0.15) is 11.6 Å². The third-order valence-electron chi connectivity index (χ3n) is 7.09. The van der Waals surface area contributed by atoms with Gasteiger partial charge in [0.05, 0.1) is 43.4 Å². The Hall–Kier alpha value is -2.93. The van der Waals surface area contributed by atoms with Gasteiger partial charge in [-0.1, -0.05) is 18.0 Å². The molecule has 0 spiro atoms. The number of Topliss-reactive ketones (excluding diaryl/α,β-unsaturated/α-hetero) is 1. The van der Waals surface area contributed by atoms with Crippen molar-refractivity contribution in [2.75, 3.05) is 74.3 Å². The van der Waals surface area contributed by atoms with Crippen molar-refractivity contribution in [2.24, 2.45) is 0 Å². The number of halogens is 1. The van der Waals surface area contributed by atoms with E-state index in [-0.39, 0.29) is 29.6 Å². The first kappa shape index (κ1) is 27.6. The van der Waals surface area contributed by atoms with Gasteiger partial charge in [0.25, 0.3) is 0 Å². The number of nitrogens with one attached hydrogen (secondary N) is 1. The molecule has 5 rings (SSSR count). The molecule has 210 valence electrons. The van der Waals surface area contributed by atoms with Gasteiger partial charge >= 0.3 is 0 Å². The smallest absolute Gasteiger partial charge is 0.229 e. The fourth-order valence-corrected chi connectivity index (χ4v) is 5.94. The van der Waals surface area contributed by atoms with Gasteiger partial charge in [-0.2, -0.15) is 9.61 Å². The zero-order valence-corrected chi connectivity index (χ0v) is 24.0. The lowest BCUT2D eigenvalue weighted by atomic mass is 9.98. The number of nitrogens with zero attached hydrogens (tertiary/aromatic N) is 6. The van der Waals surface area contributed by atoms with Crippen LogP contribution in [0.15, 0.2) is 30.3 Å². The van der Waals surface area contributed by atoms with Crippen molar-refractivity contribution in [2.45, 2.75) is 25.3 Å². The predicted octanol–water partition coefficient (Wildman–Crippen LogP) is 3.07. The van der Waals surface area contributed by atoms with Crippen LogP contribution in [0.2, 0.25) is 5.02 Å². The standard InChI is InChI=1S/C26H34ClN7O4S/c1-31(2)24-16-26(32-10-12-38-13-11-32)34-25(28-24)15-21(29-34)22-6-4-5-9-33(22)17-23(35)19-14-18(27)7-8-20(19)30-39(3,36)37/h7-8,14-16,22,30H,4-6,9-13,17H2,1-3H3/t22-/m0/s1. The summed E-state index contributed by atoms with van der Waals surface area (Å²) in [7, 11) is 0.373. The van der Waals surface area contributed by atoms with E-state index in [2.05, 4.69) is 14.5 Å². The number of fused-ring (bicyclic) bond motifs is 1. The summed E-state index contributed by atoms with van der Waals surface area (Å²) in [5.41, 5.74) is 2.09. The third-order valence-corrected chi connectivity index (χ3v) is 7.91. The molecule has 2 aliphatic rings. The zero-order valence-electron chi connectivity index (χ0n) is 22.4. The normalized spacial score (nSPS) is 18.9. The zero-order chi connectivity index (χ0) is 27.7. The second-order valence-corrected chi connectivity index (χ2v) is 12.5. The minimum absolute atomic E-state index is 0.0738. The van der Waals surface area contributed by atoms with Crippen molar-refractivity contribution in [3.05, 3.63) is 46.6 Å². The number of rotatable bonds is 8. The number of hydrogen-bond acceptors (Lipinski definition) is 9. The van der Waals surface area contributed by atoms with E-state index in [1.165, 1.54) is 12.1 Å². The molecule has 2 fully saturated rings. The lowest BCUT2D eigenvalue weighted by Crippen LogP contribution is -2.38. The lowest BCUT2D eigenvalue weighted by molar-refractivity contribution is 0.0839. The van der Waals surface area contributed by atoms with Gasteiger partial charge in [0.15, 0.2) is 11.4 Å². The minimum Gasteiger partial charge on any atom is -0.378 e. The molecule has 1 atom stereocenters. The maximum absolute atomic E-state index is 13.5. The van der Waals surface area contributed by atoms with Gasteiger partial charge in [-0.3, -0.25) is 14.4 Å². The molecule has 0 aliphatic carbocycles. The molecule has 0 unspecified atom stereocenters. The van der Waals surface area contributed by atoms with Gasteiger partial charge in [-0.25, -0.2) is 13.4 Å². The van der Waals surface area contributed by atoms with E-state index in [1.54, 1.807) is 6.07 Å². The quantitative estimate of drug-likeness (QED) is 0.405. The first-order valence-corrected chi connectivity index (χ1v) is 15.3. The number of anilines is 3. The number of benzene rings is 1. The van der Waals surface area contributed by atoms with Crippen LogP contribution in [0.4, 0.5) is 17.3 Å². The number of aromatic nitrogens is 3. The number of hydrogen-bond donors (Lipinski definition) is 1. The molecule has 0 amide bonds. The number of sulfonamides is 1. The molecule has 0 saturated carbocycles. The van der Waals surface area contributed by atoms with Gasteiger partial charge in [-0.15, -0.1) is 0 Å². The van der Waals surface area contributed by atoms with Crippen molar-refractivity contribution < 1.29 is 17.9 Å². The number of piperidine rings is 1. The van der Waals surface area contributed by atoms with Crippen molar-refractivity contribution in [3.63, 3.8) is 0 Å². The van der Waals surface area contributed by atoms with Crippen LogP contribution in [-0.2, 0) is 14.8 Å². The van der Waals surface area contributed by atoms with Crippen LogP contribution in [0.1, 0.15) is 41.4 Å². The van der Waals surface area contributed by atoms with Gasteiger partial charge in [0, 0.05) is 49.9 Å². The van der Waals surface area contributed by atoms with Crippen molar-refractivity contribution >= 4 is 50.4 Å². The molecule has 2 aliphatic heterocycles. The number of ketones is 1. The second-order valence-electron chi connectivity index (χ2n) is 10.3. The van der Waals surface area contributed by atoms with E-state index in [0.717, 1.165) is 68.1 Å². The Bertz CT molecular complexity index is 1470. The highest BCUT2D eigenvalue weighted by Gasteiger charge is 2.30. The summed E-state index contributed by atoms with van der Waals surface area (Å²) in [4.78, 5) is 24.7. The van der Waals surface area contributed by atoms with Crippen LogP contribution in [0.25, 0.3) is 5.65 Å². The van der Waals surface area contributed by atoms with Gasteiger partial charge in [-0.05, 0) is 37.6 Å². The average molecular weight is 576 g/mol. The van der Waals surface area contributed by atoms with Gasteiger partial charge < -0.3 is 14.5 Å². The van der Waals surface area contributed by atoms with E-state index in [1.807, 2.05) is 35.6 Å². The molecule has 2 saturated heterocycles. The SMILES string of the molecule is CN(C)c1cc(N2CCOCC2)n2nc([C@@H]3CCCCN3CC(=O)c3cc(Cl)ccc3NS(C)(=O)=O)cc2n1. The van der Waals surface area contributed by atoms with E-state index in [9.17, 15) is 13.2 Å². The molecule has 2 aromatic heterocycles. The Labute approximate surface area is 233 Å². The lowest BCUT2D eigenvalue weighted by Gasteiger charge is -2.34. The van der Waals surface area contributed by atoms with Crippen molar-refractivity contribution in [1.29, 1.82) is 0 Å². The number of likely N-dealkylation sites (tertiary alicyclic amines) is 1. The summed E-state index contributed by atoms with van der Waals surface area (Å²) in [5.74, 6) is 1.60. The summed E-state index contributed by atoms with van der Waals surface area (Å²) in [6, 6.07) is 8.59. The first-order chi connectivity index (χ1) is 18.6. The Morgan fingerprint density at radius 3 is 2.64 bits per heavy atom. The Morgan fingerprint density at radius 2 is 1.92 bits per heavy atom. The van der Waals surface area contributed by atoms with E-state index < -0.39 is 10.0 Å². The molecule has 0 bridgehead atoms. The van der Waals surface area contributed by atoms with E-state index >= 15 is 0 Å². The Morgan fingerprint density at radius 1 is 1.15 bits per heavy atom. The fourth-order valence-electron chi connectivity index (χ4n) is 5.19. The molecule has 13 heteroatoms. The average Bonchev–Trinajstić information content (AvgIpc) is 3.33. The van der Waals surface area contributed by atoms with Crippen molar-refractivity contribution in [3.8, 4) is 0 Å². The second kappa shape index (κ2) is 11.3. The summed E-state index contributed by atoms with van der Waals surface area (Å²) in [6.45, 7) is 3.71. The molecule has 4 heterocycles. The van der Waals surface area contributed by atoms with E-state index in [4.69, 9.17) is 26.4 Å². The first-order valence-electron chi connectivity index (χ1n) is 13.0. The molecular weight excluding hydrogens is 542 g/mol. The Kier molecular flexibility index (Phi) is 7.99. The molecule has 11 nitrogen and oxygen atoms in total. The maximum atomic E-state index is 13.5. The number of carbonyl (C=O) groups is 1. The minimum atomic E-state index is -3.56. The number of carbonyl (C=O) groups excluding carboxylic acids is 1. The summed E-state index contributed by atoms with van der Waals surface area (Å²) < 4.78 is 33.7. The van der Waals surface area contributed by atoms with Crippen LogP contribution >= 0.6 is 11.6 Å². The highest BCUT2D eigenvalue weighted by Crippen LogP contribution is 2.33. The third kappa shape index (κ3) is 6.29. The highest BCUT2D eigenvalue weighted by molar-refractivity contribution is 7.92. The Balaban J connectivity index is 1.47. The molecule has 1 aromatic carbocycles. The van der Waals surface area contributed by atoms with Crippen LogP contribution in [0.3, 0.4) is 0 Å². The maximum Gasteiger partial charge on any atom is 0.229 e. The van der Waals surface area contributed by atoms with Crippen LogP contribution in [-0.4, -0.2) is 93.4 Å². The fraction of sp³-hybridized carbons (Fsp3) is 0.500. The topological polar surface area (TPSA) is 112 Å². The van der Waals surface area contributed by atoms with Crippen LogP contribution < -0.4 is 14.5 Å². The molecule has 3 aromatic rings. The van der Waals surface area contributed by atoms with Crippen LogP contribution in [0.5, 0.6) is 0 Å². The summed E-state index contributed by atoms with van der Waals surface area (Å²) in [5, 5.41) is 5.38. The van der Waals surface area contributed by atoms with Crippen molar-refractivity contribution in [1.82, 2.24) is 19.5 Å². The van der Waals surface area contributed by atoms with Gasteiger partial charge in [0.2, 0.25) is 10.0 Å². The molecule has 0 radical (unpaired) electrons. The largest absolute Gasteiger partial charge is 0.378 e. The molecule has 1 N–H and O–H groups in total. The van der Waals surface area contributed by atoms with Crippen LogP contribution in [0, 0.1) is 0 Å². The predicted molar refractivity (Wildman–Crippen MR) is 153 cm³/mol. The number of ether oxygens (including phenoxy) is 1. The summed E-state index contributed by atoms with van der Waals surface area (Å²) in [6.07, 6.45) is 3.90. The molecular formula is C26H34ClN7O4S. The monoisotopic (exact) mass is 575 g/mol.